The number of hydrogen-bond acceptors (Lipinski definition) is 2. The molecule has 0 amide bonds. The van der Waals surface area contributed by atoms with Crippen molar-refractivity contribution >= 4 is 6.29 Å². The van der Waals surface area contributed by atoms with Crippen LogP contribution in [0.4, 0.5) is 8.78 Å². The van der Waals surface area contributed by atoms with Crippen molar-refractivity contribution in [3.05, 3.63) is 53.6 Å². The normalized spacial score (nSPS) is 10.2. The number of halogens is 2. The molecular weight excluding hydrogens is 226 g/mol. The second-order valence-corrected chi connectivity index (χ2v) is 3.49. The Morgan fingerprint density at radius 3 is 2.47 bits per heavy atom. The highest BCUT2D eigenvalue weighted by molar-refractivity contribution is 5.85. The van der Waals surface area contributed by atoms with Gasteiger partial charge in [0.25, 0.3) is 0 Å². The molecule has 0 aliphatic carbocycles. The lowest BCUT2D eigenvalue weighted by Gasteiger charge is -2.06. The number of para-hydroxylation sites is 1. The SMILES string of the molecule is O=Cc1cccc(-c2ccc(F)c(F)c2)c1O. The Balaban J connectivity index is 2.60. The molecule has 0 bridgehead atoms. The van der Waals surface area contributed by atoms with Crippen LogP contribution in [-0.2, 0) is 0 Å². The summed E-state index contributed by atoms with van der Waals surface area (Å²) in [7, 11) is 0. The summed E-state index contributed by atoms with van der Waals surface area (Å²) in [5.74, 6) is -2.20. The summed E-state index contributed by atoms with van der Waals surface area (Å²) in [4.78, 5) is 10.6. The smallest absolute Gasteiger partial charge is 0.159 e. The quantitative estimate of drug-likeness (QED) is 0.810. The van der Waals surface area contributed by atoms with E-state index < -0.39 is 11.6 Å². The van der Waals surface area contributed by atoms with E-state index in [1.54, 1.807) is 6.07 Å². The number of aldehydes is 1. The average Bonchev–Trinajstić information content (AvgIpc) is 2.33. The highest BCUT2D eigenvalue weighted by Gasteiger charge is 2.10. The summed E-state index contributed by atoms with van der Waals surface area (Å²) < 4.78 is 25.8. The lowest BCUT2D eigenvalue weighted by Crippen LogP contribution is -1.88. The fourth-order valence-electron chi connectivity index (χ4n) is 1.55. The lowest BCUT2D eigenvalue weighted by molar-refractivity contribution is 0.112. The van der Waals surface area contributed by atoms with Crippen LogP contribution < -0.4 is 0 Å². The van der Waals surface area contributed by atoms with Gasteiger partial charge in [-0.2, -0.15) is 0 Å². The Bertz CT molecular complexity index is 580. The Labute approximate surface area is 96.1 Å². The molecule has 2 aromatic carbocycles. The molecule has 17 heavy (non-hydrogen) atoms. The molecule has 0 radical (unpaired) electrons. The van der Waals surface area contributed by atoms with Crippen LogP contribution >= 0.6 is 0 Å². The molecule has 86 valence electrons. The van der Waals surface area contributed by atoms with Crippen LogP contribution in [0.25, 0.3) is 11.1 Å². The van der Waals surface area contributed by atoms with Crippen molar-refractivity contribution in [3.8, 4) is 16.9 Å². The van der Waals surface area contributed by atoms with Crippen LogP contribution in [0.5, 0.6) is 5.75 Å². The predicted molar refractivity (Wildman–Crippen MR) is 58.8 cm³/mol. The molecule has 0 aliphatic heterocycles. The molecule has 4 heteroatoms. The summed E-state index contributed by atoms with van der Waals surface area (Å²) in [6.45, 7) is 0. The number of benzene rings is 2. The zero-order chi connectivity index (χ0) is 12.4. The molecule has 1 N–H and O–H groups in total. The first-order valence-electron chi connectivity index (χ1n) is 4.86. The van der Waals surface area contributed by atoms with Gasteiger partial charge in [0.2, 0.25) is 0 Å². The maximum Gasteiger partial charge on any atom is 0.159 e. The van der Waals surface area contributed by atoms with Gasteiger partial charge in [0.1, 0.15) is 5.75 Å². The molecule has 0 spiro atoms. The van der Waals surface area contributed by atoms with Crippen LogP contribution in [0, 0.1) is 11.6 Å². The first-order valence-corrected chi connectivity index (χ1v) is 4.86. The van der Waals surface area contributed by atoms with Gasteiger partial charge in [-0.15, -0.1) is 0 Å². The monoisotopic (exact) mass is 234 g/mol. The van der Waals surface area contributed by atoms with Gasteiger partial charge in [-0.3, -0.25) is 4.79 Å². The third-order valence-corrected chi connectivity index (χ3v) is 2.42. The third-order valence-electron chi connectivity index (χ3n) is 2.42. The largest absolute Gasteiger partial charge is 0.507 e. The molecule has 0 fully saturated rings. The van der Waals surface area contributed by atoms with Crippen molar-refractivity contribution in [2.75, 3.05) is 0 Å². The molecule has 0 saturated heterocycles. The molecule has 2 nitrogen and oxygen atoms in total. The minimum Gasteiger partial charge on any atom is -0.507 e. The second-order valence-electron chi connectivity index (χ2n) is 3.49. The highest BCUT2D eigenvalue weighted by atomic mass is 19.2. The van der Waals surface area contributed by atoms with Gasteiger partial charge in [0, 0.05) is 5.56 Å². The van der Waals surface area contributed by atoms with Gasteiger partial charge >= 0.3 is 0 Å². The minimum atomic E-state index is -1.00. The molecule has 2 aromatic rings. The molecule has 0 heterocycles. The minimum absolute atomic E-state index is 0.104. The van der Waals surface area contributed by atoms with Crippen LogP contribution in [0.15, 0.2) is 36.4 Å². The van der Waals surface area contributed by atoms with Crippen molar-refractivity contribution in [3.63, 3.8) is 0 Å². The van der Waals surface area contributed by atoms with E-state index in [-0.39, 0.29) is 16.9 Å². The van der Waals surface area contributed by atoms with Gasteiger partial charge in [-0.1, -0.05) is 18.2 Å². The topological polar surface area (TPSA) is 37.3 Å². The maximum absolute atomic E-state index is 13.1. The number of carbonyl (C=O) groups excluding carboxylic acids is 1. The van der Waals surface area contributed by atoms with Crippen molar-refractivity contribution < 1.29 is 18.7 Å². The maximum atomic E-state index is 13.1. The summed E-state index contributed by atoms with van der Waals surface area (Å²) >= 11 is 0. The van der Waals surface area contributed by atoms with Crippen LogP contribution in [0.3, 0.4) is 0 Å². The molecule has 0 unspecified atom stereocenters. The molecule has 0 atom stereocenters. The second kappa shape index (κ2) is 4.33. The van der Waals surface area contributed by atoms with Crippen molar-refractivity contribution in [1.82, 2.24) is 0 Å². The number of hydrogen-bond donors (Lipinski definition) is 1. The third kappa shape index (κ3) is 2.01. The van der Waals surface area contributed by atoms with E-state index in [1.807, 2.05) is 0 Å². The fourth-order valence-corrected chi connectivity index (χ4v) is 1.55. The number of carbonyl (C=O) groups is 1. The zero-order valence-corrected chi connectivity index (χ0v) is 8.65. The molecular formula is C13H8F2O2. The van der Waals surface area contributed by atoms with E-state index in [9.17, 15) is 18.7 Å². The molecule has 0 aromatic heterocycles. The van der Waals surface area contributed by atoms with E-state index in [0.29, 0.717) is 11.8 Å². The summed E-state index contributed by atoms with van der Waals surface area (Å²) in [5, 5.41) is 9.75. The van der Waals surface area contributed by atoms with Crippen LogP contribution in [0.1, 0.15) is 10.4 Å². The van der Waals surface area contributed by atoms with Gasteiger partial charge in [0.15, 0.2) is 17.9 Å². The number of rotatable bonds is 2. The molecule has 0 saturated carbocycles. The Hall–Kier alpha value is -2.23. The van der Waals surface area contributed by atoms with Crippen molar-refractivity contribution in [1.29, 1.82) is 0 Å². The first kappa shape index (κ1) is 11.3. The van der Waals surface area contributed by atoms with E-state index in [2.05, 4.69) is 0 Å². The Morgan fingerprint density at radius 2 is 1.82 bits per heavy atom. The standard InChI is InChI=1S/C13H8F2O2/c14-11-5-4-8(6-12(11)15)10-3-1-2-9(7-16)13(10)17/h1-7,17H. The zero-order valence-electron chi connectivity index (χ0n) is 8.65. The van der Waals surface area contributed by atoms with E-state index in [4.69, 9.17) is 0 Å². The van der Waals surface area contributed by atoms with E-state index in [0.717, 1.165) is 12.1 Å². The van der Waals surface area contributed by atoms with Crippen molar-refractivity contribution in [2.45, 2.75) is 0 Å². The predicted octanol–water partition coefficient (Wildman–Crippen LogP) is 3.15. The first-order chi connectivity index (χ1) is 8.13. The average molecular weight is 234 g/mol. The van der Waals surface area contributed by atoms with Gasteiger partial charge < -0.3 is 5.11 Å². The summed E-state index contributed by atoms with van der Waals surface area (Å²) in [6.07, 6.45) is 0.499. The van der Waals surface area contributed by atoms with Gasteiger partial charge in [-0.25, -0.2) is 8.78 Å². The summed E-state index contributed by atoms with van der Waals surface area (Å²) in [6, 6.07) is 7.79. The lowest BCUT2D eigenvalue weighted by atomic mass is 10.0. The highest BCUT2D eigenvalue weighted by Crippen LogP contribution is 2.31. The Morgan fingerprint density at radius 1 is 1.06 bits per heavy atom. The van der Waals surface area contributed by atoms with Crippen LogP contribution in [-0.4, -0.2) is 11.4 Å². The molecule has 2 rings (SSSR count). The Kier molecular flexibility index (Phi) is 2.87. The van der Waals surface area contributed by atoms with Gasteiger partial charge in [-0.05, 0) is 23.8 Å². The number of phenols is 1. The van der Waals surface area contributed by atoms with Crippen molar-refractivity contribution in [2.24, 2.45) is 0 Å². The number of aromatic hydroxyl groups is 1. The summed E-state index contributed by atoms with van der Waals surface area (Å²) in [5.41, 5.74) is 0.700. The fraction of sp³-hybridized carbons (Fsp3) is 0. The van der Waals surface area contributed by atoms with E-state index in [1.165, 1.54) is 18.2 Å². The van der Waals surface area contributed by atoms with E-state index >= 15 is 0 Å². The number of phenolic OH excluding ortho intramolecular Hbond substituents is 1. The molecule has 0 aliphatic rings. The van der Waals surface area contributed by atoms with Gasteiger partial charge in [0.05, 0.1) is 5.56 Å². The van der Waals surface area contributed by atoms with Crippen LogP contribution in [0.2, 0.25) is 0 Å².